The maximum Gasteiger partial charge on any atom is 0.274 e. The van der Waals surface area contributed by atoms with Crippen molar-refractivity contribution in [1.82, 2.24) is 23.8 Å². The predicted molar refractivity (Wildman–Crippen MR) is 112 cm³/mol. The highest BCUT2D eigenvalue weighted by Gasteiger charge is 2.27. The van der Waals surface area contributed by atoms with Gasteiger partial charge in [-0.25, -0.2) is 9.97 Å². The van der Waals surface area contributed by atoms with Crippen molar-refractivity contribution in [3.05, 3.63) is 72.9 Å². The van der Waals surface area contributed by atoms with E-state index < -0.39 is 0 Å². The lowest BCUT2D eigenvalue weighted by molar-refractivity contribution is 0.0743. The van der Waals surface area contributed by atoms with Crippen molar-refractivity contribution < 1.29 is 4.79 Å². The third-order valence-corrected chi connectivity index (χ3v) is 5.37. The van der Waals surface area contributed by atoms with Crippen LogP contribution in [0.4, 0.5) is 5.69 Å². The fourth-order valence-corrected chi connectivity index (χ4v) is 3.86. The van der Waals surface area contributed by atoms with Gasteiger partial charge in [0.1, 0.15) is 5.69 Å². The second kappa shape index (κ2) is 7.09. The molecule has 0 bridgehead atoms. The van der Waals surface area contributed by atoms with Crippen LogP contribution < -0.4 is 4.90 Å². The van der Waals surface area contributed by atoms with Crippen LogP contribution in [0.2, 0.25) is 0 Å². The van der Waals surface area contributed by atoms with E-state index in [2.05, 4.69) is 22.0 Å². The topological polar surface area (TPSA) is 58.7 Å². The summed E-state index contributed by atoms with van der Waals surface area (Å²) in [5, 5.41) is 0. The van der Waals surface area contributed by atoms with E-state index in [1.807, 2.05) is 69.7 Å². The molecular formula is C22H22N6O. The number of carbonyl (C=O) groups is 1. The van der Waals surface area contributed by atoms with E-state index in [9.17, 15) is 4.79 Å². The highest BCUT2D eigenvalue weighted by atomic mass is 16.2. The molecule has 0 N–H and O–H groups in total. The van der Waals surface area contributed by atoms with Gasteiger partial charge in [0.15, 0.2) is 11.5 Å². The minimum Gasteiger partial charge on any atom is -0.368 e. The van der Waals surface area contributed by atoms with Gasteiger partial charge >= 0.3 is 0 Å². The lowest BCUT2D eigenvalue weighted by Crippen LogP contribution is -2.48. The minimum atomic E-state index is -0.0245. The van der Waals surface area contributed by atoms with E-state index in [-0.39, 0.29) is 5.91 Å². The summed E-state index contributed by atoms with van der Waals surface area (Å²) in [5.74, 6) is 0.663. The second-order valence-electron chi connectivity index (χ2n) is 7.28. The molecule has 0 radical (unpaired) electrons. The minimum absolute atomic E-state index is 0.0245. The first-order valence-electron chi connectivity index (χ1n) is 9.75. The molecule has 1 fully saturated rings. The first kappa shape index (κ1) is 17.5. The van der Waals surface area contributed by atoms with Crippen molar-refractivity contribution >= 4 is 17.1 Å². The number of nitrogens with zero attached hydrogens (tertiary/aromatic N) is 6. The number of anilines is 1. The molecule has 0 spiro atoms. The van der Waals surface area contributed by atoms with Gasteiger partial charge in [0.05, 0.1) is 11.8 Å². The highest BCUT2D eigenvalue weighted by molar-refractivity contribution is 6.00. The molecule has 1 aliphatic rings. The average molecular weight is 386 g/mol. The van der Waals surface area contributed by atoms with Crippen LogP contribution in [0.1, 0.15) is 10.5 Å². The van der Waals surface area contributed by atoms with Crippen molar-refractivity contribution in [3.8, 4) is 11.5 Å². The SMILES string of the molecule is Cn1cnc(-c2nc(C(=O)N3CCN(c4ccccc4)CC3)c3ccccn23)c1. The first-order chi connectivity index (χ1) is 14.2. The average Bonchev–Trinajstić information content (AvgIpc) is 3.37. The Morgan fingerprint density at radius 3 is 2.45 bits per heavy atom. The number of rotatable bonds is 3. The number of fused-ring (bicyclic) bond motifs is 1. The largest absolute Gasteiger partial charge is 0.368 e. The number of imidazole rings is 2. The molecule has 0 atom stereocenters. The van der Waals surface area contributed by atoms with E-state index in [0.717, 1.165) is 24.3 Å². The Labute approximate surface area is 168 Å². The van der Waals surface area contributed by atoms with Gasteiger partial charge in [-0.1, -0.05) is 24.3 Å². The number of hydrogen-bond donors (Lipinski definition) is 0. The van der Waals surface area contributed by atoms with Gasteiger partial charge in [-0.15, -0.1) is 0 Å². The third kappa shape index (κ3) is 3.14. The maximum absolute atomic E-state index is 13.3. The lowest BCUT2D eigenvalue weighted by atomic mass is 10.2. The molecule has 1 saturated heterocycles. The van der Waals surface area contributed by atoms with Crippen LogP contribution in [-0.4, -0.2) is 55.9 Å². The molecule has 146 valence electrons. The van der Waals surface area contributed by atoms with Gasteiger partial charge < -0.3 is 14.4 Å². The van der Waals surface area contributed by atoms with Crippen LogP contribution in [0.25, 0.3) is 17.0 Å². The fraction of sp³-hybridized carbons (Fsp3) is 0.227. The summed E-state index contributed by atoms with van der Waals surface area (Å²) < 4.78 is 3.82. The van der Waals surface area contributed by atoms with Crippen LogP contribution in [0.5, 0.6) is 0 Å². The third-order valence-electron chi connectivity index (χ3n) is 5.37. The Balaban J connectivity index is 1.42. The van der Waals surface area contributed by atoms with Crippen LogP contribution in [-0.2, 0) is 7.05 Å². The van der Waals surface area contributed by atoms with E-state index >= 15 is 0 Å². The number of benzene rings is 1. The molecule has 1 amide bonds. The molecule has 7 heteroatoms. The molecule has 4 aromatic rings. The molecule has 0 aliphatic carbocycles. The van der Waals surface area contributed by atoms with Gasteiger partial charge in [-0.05, 0) is 24.3 Å². The number of hydrogen-bond acceptors (Lipinski definition) is 4. The van der Waals surface area contributed by atoms with E-state index in [1.54, 1.807) is 6.33 Å². The standard InChI is InChI=1S/C22H22N6O/c1-25-15-18(23-16-25)21-24-20(19-9-5-6-10-28(19)21)22(29)27-13-11-26(12-14-27)17-7-3-2-4-8-17/h2-10,15-16H,11-14H2,1H3. The van der Waals surface area contributed by atoms with Gasteiger partial charge in [0.2, 0.25) is 0 Å². The lowest BCUT2D eigenvalue weighted by Gasteiger charge is -2.35. The molecule has 0 unspecified atom stereocenters. The molecule has 0 saturated carbocycles. The Hall–Kier alpha value is -3.61. The van der Waals surface area contributed by atoms with Gasteiger partial charge in [-0.2, -0.15) is 0 Å². The number of aromatic nitrogens is 4. The molecule has 29 heavy (non-hydrogen) atoms. The highest BCUT2D eigenvalue weighted by Crippen LogP contribution is 2.23. The summed E-state index contributed by atoms with van der Waals surface area (Å²) in [4.78, 5) is 26.6. The van der Waals surface area contributed by atoms with Gasteiger partial charge in [0, 0.05) is 51.3 Å². The summed E-state index contributed by atoms with van der Waals surface area (Å²) in [6, 6.07) is 16.1. The quantitative estimate of drug-likeness (QED) is 0.543. The molecule has 1 aromatic carbocycles. The van der Waals surface area contributed by atoms with Crippen LogP contribution in [0, 0.1) is 0 Å². The maximum atomic E-state index is 13.3. The van der Waals surface area contributed by atoms with Crippen molar-refractivity contribution in [3.63, 3.8) is 0 Å². The predicted octanol–water partition coefficient (Wildman–Crippen LogP) is 2.70. The van der Waals surface area contributed by atoms with Crippen LogP contribution in [0.15, 0.2) is 67.3 Å². The fourth-order valence-electron chi connectivity index (χ4n) is 3.86. The first-order valence-corrected chi connectivity index (χ1v) is 9.75. The smallest absolute Gasteiger partial charge is 0.274 e. The molecule has 1 aliphatic heterocycles. The number of carbonyl (C=O) groups excluding carboxylic acids is 1. The summed E-state index contributed by atoms with van der Waals surface area (Å²) in [6.07, 6.45) is 5.58. The molecular weight excluding hydrogens is 364 g/mol. The number of aryl methyl sites for hydroxylation is 1. The normalized spacial score (nSPS) is 14.5. The monoisotopic (exact) mass is 386 g/mol. The molecule has 4 heterocycles. The zero-order valence-electron chi connectivity index (χ0n) is 16.3. The Morgan fingerprint density at radius 2 is 1.72 bits per heavy atom. The second-order valence-corrected chi connectivity index (χ2v) is 7.28. The molecule has 7 nitrogen and oxygen atoms in total. The number of pyridine rings is 1. The summed E-state index contributed by atoms with van der Waals surface area (Å²) >= 11 is 0. The van der Waals surface area contributed by atoms with Crippen LogP contribution in [0.3, 0.4) is 0 Å². The van der Waals surface area contributed by atoms with Gasteiger partial charge in [-0.3, -0.25) is 9.20 Å². The van der Waals surface area contributed by atoms with E-state index in [4.69, 9.17) is 4.98 Å². The van der Waals surface area contributed by atoms with E-state index in [0.29, 0.717) is 24.6 Å². The summed E-state index contributed by atoms with van der Waals surface area (Å²) in [7, 11) is 1.92. The summed E-state index contributed by atoms with van der Waals surface area (Å²) in [6.45, 7) is 2.99. The Morgan fingerprint density at radius 1 is 0.966 bits per heavy atom. The number of para-hydroxylation sites is 1. The van der Waals surface area contributed by atoms with Crippen molar-refractivity contribution in [2.45, 2.75) is 0 Å². The Bertz CT molecular complexity index is 1150. The van der Waals surface area contributed by atoms with Crippen LogP contribution >= 0.6 is 0 Å². The zero-order valence-corrected chi connectivity index (χ0v) is 16.3. The van der Waals surface area contributed by atoms with Crippen molar-refractivity contribution in [1.29, 1.82) is 0 Å². The molecule has 5 rings (SSSR count). The van der Waals surface area contributed by atoms with Crippen molar-refractivity contribution in [2.24, 2.45) is 7.05 Å². The van der Waals surface area contributed by atoms with Gasteiger partial charge in [0.25, 0.3) is 5.91 Å². The number of piperazine rings is 1. The number of amides is 1. The van der Waals surface area contributed by atoms with E-state index in [1.165, 1.54) is 5.69 Å². The Kier molecular flexibility index (Phi) is 4.27. The van der Waals surface area contributed by atoms with Crippen molar-refractivity contribution in [2.75, 3.05) is 31.1 Å². The zero-order chi connectivity index (χ0) is 19.8. The summed E-state index contributed by atoms with van der Waals surface area (Å²) in [5.41, 5.74) is 3.24. The molecule has 3 aromatic heterocycles.